The van der Waals surface area contributed by atoms with Crippen molar-refractivity contribution in [3.63, 3.8) is 0 Å². The molecule has 0 amide bonds. The zero-order valence-electron chi connectivity index (χ0n) is 14.6. The molecule has 0 fully saturated rings. The standard InChI is InChI=1S/C17H19N5O3S/c1-24-14-8-12-5-6-20(10-13(12)9-15(14)25-2)11-21-17(23)22(19-18-21)16-4-3-7-26-16/h3-4,7-9H,5-6,10-11H2,1-2H3/p+1. The Morgan fingerprint density at radius 1 is 1.19 bits per heavy atom. The number of thiophene rings is 1. The summed E-state index contributed by atoms with van der Waals surface area (Å²) in [5.41, 5.74) is 2.27. The van der Waals surface area contributed by atoms with Crippen molar-refractivity contribution in [2.75, 3.05) is 20.8 Å². The van der Waals surface area contributed by atoms with E-state index in [-0.39, 0.29) is 5.69 Å². The number of hydrogen-bond acceptors (Lipinski definition) is 6. The number of quaternary nitrogens is 1. The molecule has 0 spiro atoms. The molecule has 1 aliphatic heterocycles. The van der Waals surface area contributed by atoms with Crippen molar-refractivity contribution in [2.24, 2.45) is 0 Å². The van der Waals surface area contributed by atoms with Crippen molar-refractivity contribution in [3.05, 3.63) is 51.3 Å². The van der Waals surface area contributed by atoms with E-state index in [2.05, 4.69) is 10.4 Å². The van der Waals surface area contributed by atoms with Gasteiger partial charge in [-0.1, -0.05) is 0 Å². The number of methoxy groups -OCH3 is 2. The molecule has 2 aromatic heterocycles. The predicted octanol–water partition coefficient (Wildman–Crippen LogP) is 0.106. The zero-order chi connectivity index (χ0) is 18.1. The van der Waals surface area contributed by atoms with Gasteiger partial charge in [-0.25, -0.2) is 4.79 Å². The summed E-state index contributed by atoms with van der Waals surface area (Å²) in [5.74, 6) is 1.48. The summed E-state index contributed by atoms with van der Waals surface area (Å²) in [7, 11) is 3.29. The number of ether oxygens (including phenoxy) is 2. The Morgan fingerprint density at radius 3 is 2.65 bits per heavy atom. The minimum Gasteiger partial charge on any atom is -0.493 e. The van der Waals surface area contributed by atoms with Crippen LogP contribution in [0.25, 0.3) is 5.00 Å². The molecule has 3 aromatic rings. The molecule has 9 heteroatoms. The van der Waals surface area contributed by atoms with Gasteiger partial charge in [0.05, 0.1) is 20.8 Å². The number of hydrogen-bond donors (Lipinski definition) is 1. The fourth-order valence-electron chi connectivity index (χ4n) is 3.28. The summed E-state index contributed by atoms with van der Waals surface area (Å²) in [4.78, 5) is 13.8. The van der Waals surface area contributed by atoms with Gasteiger partial charge in [0, 0.05) is 12.0 Å². The van der Waals surface area contributed by atoms with Crippen LogP contribution in [0.2, 0.25) is 0 Å². The topological polar surface area (TPSA) is 75.6 Å². The largest absolute Gasteiger partial charge is 0.493 e. The predicted molar refractivity (Wildman–Crippen MR) is 96.3 cm³/mol. The Hall–Kier alpha value is -2.65. The van der Waals surface area contributed by atoms with Crippen LogP contribution in [0.5, 0.6) is 11.5 Å². The Bertz CT molecular complexity index is 963. The van der Waals surface area contributed by atoms with Gasteiger partial charge in [-0.2, -0.15) is 0 Å². The molecule has 0 saturated heterocycles. The van der Waals surface area contributed by atoms with Gasteiger partial charge < -0.3 is 14.4 Å². The first kappa shape index (κ1) is 16.8. The molecule has 1 atom stereocenters. The lowest BCUT2D eigenvalue weighted by atomic mass is 9.99. The maximum Gasteiger partial charge on any atom is 0.374 e. The van der Waals surface area contributed by atoms with Crippen molar-refractivity contribution in [2.45, 2.75) is 19.6 Å². The number of aromatic nitrogens is 4. The Kier molecular flexibility index (Phi) is 4.48. The third kappa shape index (κ3) is 2.99. The fraction of sp³-hybridized carbons (Fsp3) is 0.353. The normalized spacial score (nSPS) is 16.3. The molecule has 3 heterocycles. The third-order valence-corrected chi connectivity index (χ3v) is 5.47. The highest BCUT2D eigenvalue weighted by atomic mass is 32.1. The molecule has 26 heavy (non-hydrogen) atoms. The van der Waals surface area contributed by atoms with Crippen LogP contribution in [-0.4, -0.2) is 40.6 Å². The van der Waals surface area contributed by atoms with E-state index in [1.807, 2.05) is 29.6 Å². The van der Waals surface area contributed by atoms with Gasteiger partial charge in [-0.05, 0) is 45.6 Å². The highest BCUT2D eigenvalue weighted by Gasteiger charge is 2.24. The number of nitrogens with one attached hydrogen (secondary N) is 1. The van der Waals surface area contributed by atoms with E-state index in [1.165, 1.54) is 36.7 Å². The summed E-state index contributed by atoms with van der Waals surface area (Å²) in [6, 6.07) is 7.82. The van der Waals surface area contributed by atoms with Gasteiger partial charge in [0.1, 0.15) is 11.5 Å². The van der Waals surface area contributed by atoms with Crippen LogP contribution in [0, 0.1) is 0 Å². The molecule has 0 aliphatic carbocycles. The Morgan fingerprint density at radius 2 is 1.96 bits per heavy atom. The van der Waals surface area contributed by atoms with E-state index < -0.39 is 0 Å². The molecule has 0 radical (unpaired) electrons. The van der Waals surface area contributed by atoms with Gasteiger partial charge >= 0.3 is 5.69 Å². The smallest absolute Gasteiger partial charge is 0.374 e. The number of nitrogens with zero attached hydrogens (tertiary/aromatic N) is 4. The zero-order valence-corrected chi connectivity index (χ0v) is 15.5. The second kappa shape index (κ2) is 6.93. The minimum atomic E-state index is -0.210. The lowest BCUT2D eigenvalue weighted by Gasteiger charge is -2.26. The van der Waals surface area contributed by atoms with Gasteiger partial charge in [-0.3, -0.25) is 0 Å². The highest BCUT2D eigenvalue weighted by Crippen LogP contribution is 2.31. The van der Waals surface area contributed by atoms with Crippen LogP contribution in [0.15, 0.2) is 34.4 Å². The highest BCUT2D eigenvalue weighted by molar-refractivity contribution is 7.12. The molecule has 1 N–H and O–H groups in total. The minimum absolute atomic E-state index is 0.210. The van der Waals surface area contributed by atoms with E-state index >= 15 is 0 Å². The lowest BCUT2D eigenvalue weighted by molar-refractivity contribution is -0.939. The van der Waals surface area contributed by atoms with Crippen LogP contribution in [0.1, 0.15) is 11.1 Å². The first-order chi connectivity index (χ1) is 12.7. The summed E-state index contributed by atoms with van der Waals surface area (Å²) in [6.45, 7) is 2.20. The van der Waals surface area contributed by atoms with Crippen LogP contribution in [0.4, 0.5) is 0 Å². The SMILES string of the molecule is COc1cc2c(cc1OC)C[NH+](Cn1nnn(-c3cccs3)c1=O)CC2. The molecule has 4 rings (SSSR count). The average molecular weight is 374 g/mol. The van der Waals surface area contributed by atoms with E-state index in [1.54, 1.807) is 14.2 Å². The van der Waals surface area contributed by atoms with Crippen molar-refractivity contribution in [3.8, 4) is 16.5 Å². The average Bonchev–Trinajstić information content (AvgIpc) is 3.31. The summed E-state index contributed by atoms with van der Waals surface area (Å²) in [6.07, 6.45) is 0.916. The molecule has 1 aromatic carbocycles. The second-order valence-corrected chi connectivity index (χ2v) is 7.11. The number of tetrazole rings is 1. The summed E-state index contributed by atoms with van der Waals surface area (Å²) >= 11 is 1.46. The van der Waals surface area contributed by atoms with Crippen molar-refractivity contribution >= 4 is 11.3 Å². The molecule has 1 unspecified atom stereocenters. The van der Waals surface area contributed by atoms with Gasteiger partial charge in [0.25, 0.3) is 0 Å². The van der Waals surface area contributed by atoms with Crippen LogP contribution in [-0.2, 0) is 19.6 Å². The molecular formula is C17H20N5O3S+. The summed E-state index contributed by atoms with van der Waals surface area (Å²) < 4.78 is 13.6. The Balaban J connectivity index is 1.54. The van der Waals surface area contributed by atoms with Crippen LogP contribution in [0.3, 0.4) is 0 Å². The Labute approximate surface area is 154 Å². The number of benzene rings is 1. The van der Waals surface area contributed by atoms with Crippen LogP contribution < -0.4 is 20.1 Å². The molecular weight excluding hydrogens is 354 g/mol. The van der Waals surface area contributed by atoms with E-state index in [4.69, 9.17) is 9.47 Å². The van der Waals surface area contributed by atoms with E-state index in [0.717, 1.165) is 36.0 Å². The number of fused-ring (bicyclic) bond motifs is 1. The monoisotopic (exact) mass is 374 g/mol. The van der Waals surface area contributed by atoms with E-state index in [0.29, 0.717) is 6.67 Å². The summed E-state index contributed by atoms with van der Waals surface area (Å²) in [5, 5.41) is 10.7. The maximum atomic E-state index is 12.5. The van der Waals surface area contributed by atoms with Crippen molar-refractivity contribution in [1.82, 2.24) is 19.8 Å². The quantitative estimate of drug-likeness (QED) is 0.686. The van der Waals surface area contributed by atoms with Gasteiger partial charge in [0.2, 0.25) is 0 Å². The maximum absolute atomic E-state index is 12.5. The van der Waals surface area contributed by atoms with Crippen molar-refractivity contribution in [1.29, 1.82) is 0 Å². The number of rotatable bonds is 5. The lowest BCUT2D eigenvalue weighted by Crippen LogP contribution is -3.11. The van der Waals surface area contributed by atoms with Crippen LogP contribution >= 0.6 is 11.3 Å². The molecule has 0 bridgehead atoms. The fourth-order valence-corrected chi connectivity index (χ4v) is 3.95. The van der Waals surface area contributed by atoms with Crippen molar-refractivity contribution < 1.29 is 14.4 Å². The van der Waals surface area contributed by atoms with Gasteiger partial charge in [-0.15, -0.1) is 20.7 Å². The first-order valence-corrected chi connectivity index (χ1v) is 9.21. The third-order valence-electron chi connectivity index (χ3n) is 4.62. The van der Waals surface area contributed by atoms with E-state index in [9.17, 15) is 4.79 Å². The first-order valence-electron chi connectivity index (χ1n) is 8.33. The second-order valence-electron chi connectivity index (χ2n) is 6.18. The molecule has 8 nitrogen and oxygen atoms in total. The molecule has 1 aliphatic rings. The molecule has 136 valence electrons. The molecule has 0 saturated carbocycles. The van der Waals surface area contributed by atoms with Gasteiger partial charge in [0.15, 0.2) is 18.2 Å².